The van der Waals surface area contributed by atoms with E-state index in [-0.39, 0.29) is 17.4 Å². The lowest BCUT2D eigenvalue weighted by Crippen LogP contribution is -2.29. The Bertz CT molecular complexity index is 466. The van der Waals surface area contributed by atoms with Crippen LogP contribution in [0.15, 0.2) is 18.2 Å². The lowest BCUT2D eigenvalue weighted by atomic mass is 10.2. The van der Waals surface area contributed by atoms with Gasteiger partial charge in [0.25, 0.3) is 0 Å². The number of hydrogen-bond donors (Lipinski definition) is 1. The highest BCUT2D eigenvalue weighted by Crippen LogP contribution is 2.22. The number of carbonyl (C=O) groups excluding carboxylic acids is 1. The first-order valence-corrected chi connectivity index (χ1v) is 8.33. The molecule has 0 aromatic heterocycles. The van der Waals surface area contributed by atoms with Crippen molar-refractivity contribution in [3.05, 3.63) is 33.8 Å². The zero-order valence-electron chi connectivity index (χ0n) is 10.7. The SMILES string of the molecule is CCCCNC(=O)C[S@](=O)Cc1ccc(Cl)cc1Cl. The number of carbonyl (C=O) groups is 1. The summed E-state index contributed by atoms with van der Waals surface area (Å²) in [5, 5.41) is 3.76. The molecule has 1 amide bonds. The van der Waals surface area contributed by atoms with E-state index in [1.54, 1.807) is 18.2 Å². The smallest absolute Gasteiger partial charge is 0.232 e. The van der Waals surface area contributed by atoms with E-state index in [0.717, 1.165) is 18.4 Å². The number of rotatable bonds is 7. The summed E-state index contributed by atoms with van der Waals surface area (Å²) in [6, 6.07) is 5.04. The van der Waals surface area contributed by atoms with E-state index in [2.05, 4.69) is 5.32 Å². The Kier molecular flexibility index (Phi) is 7.42. The largest absolute Gasteiger partial charge is 0.355 e. The molecular weight excluding hydrogens is 305 g/mol. The van der Waals surface area contributed by atoms with Crippen LogP contribution in [-0.4, -0.2) is 22.4 Å². The quantitative estimate of drug-likeness (QED) is 0.784. The van der Waals surface area contributed by atoms with Crippen LogP contribution in [0.25, 0.3) is 0 Å². The fourth-order valence-corrected chi connectivity index (χ4v) is 3.11. The van der Waals surface area contributed by atoms with Gasteiger partial charge in [-0.3, -0.25) is 9.00 Å². The Morgan fingerprint density at radius 1 is 1.37 bits per heavy atom. The predicted octanol–water partition coefficient (Wildman–Crippen LogP) is 3.16. The first kappa shape index (κ1) is 16.5. The van der Waals surface area contributed by atoms with Crippen LogP contribution < -0.4 is 5.32 Å². The zero-order chi connectivity index (χ0) is 14.3. The highest BCUT2D eigenvalue weighted by Gasteiger charge is 2.10. The molecule has 1 aromatic rings. The third-order valence-corrected chi connectivity index (χ3v) is 4.28. The minimum Gasteiger partial charge on any atom is -0.355 e. The molecule has 0 unspecified atom stereocenters. The molecule has 1 rings (SSSR count). The fraction of sp³-hybridized carbons (Fsp3) is 0.462. The molecule has 1 aromatic carbocycles. The van der Waals surface area contributed by atoms with E-state index < -0.39 is 10.8 Å². The average Bonchev–Trinajstić information content (AvgIpc) is 2.33. The number of benzene rings is 1. The van der Waals surface area contributed by atoms with Crippen LogP contribution in [0.3, 0.4) is 0 Å². The van der Waals surface area contributed by atoms with Crippen molar-refractivity contribution >= 4 is 39.9 Å². The maximum atomic E-state index is 11.9. The normalized spacial score (nSPS) is 12.2. The molecule has 0 heterocycles. The minimum absolute atomic E-state index is 0.00265. The summed E-state index contributed by atoms with van der Waals surface area (Å²) >= 11 is 11.8. The molecule has 0 saturated carbocycles. The monoisotopic (exact) mass is 321 g/mol. The van der Waals surface area contributed by atoms with Crippen LogP contribution in [0.2, 0.25) is 10.0 Å². The number of unbranched alkanes of at least 4 members (excludes halogenated alkanes) is 1. The van der Waals surface area contributed by atoms with Gasteiger partial charge in [-0.05, 0) is 24.1 Å². The molecule has 6 heteroatoms. The zero-order valence-corrected chi connectivity index (χ0v) is 13.1. The summed E-state index contributed by atoms with van der Waals surface area (Å²) in [5.41, 5.74) is 0.741. The van der Waals surface area contributed by atoms with Gasteiger partial charge in [-0.1, -0.05) is 42.6 Å². The summed E-state index contributed by atoms with van der Waals surface area (Å²) in [6.45, 7) is 2.68. The molecular formula is C13H17Cl2NO2S. The van der Waals surface area contributed by atoms with Crippen molar-refractivity contribution in [3.63, 3.8) is 0 Å². The van der Waals surface area contributed by atoms with Crippen LogP contribution in [-0.2, 0) is 21.3 Å². The third kappa shape index (κ3) is 6.41. The van der Waals surface area contributed by atoms with E-state index in [9.17, 15) is 9.00 Å². The molecule has 0 bridgehead atoms. The van der Waals surface area contributed by atoms with Crippen LogP contribution in [0.4, 0.5) is 0 Å². The second kappa shape index (κ2) is 8.56. The second-order valence-electron chi connectivity index (χ2n) is 4.17. The molecule has 0 radical (unpaired) electrons. The van der Waals surface area contributed by atoms with Crippen molar-refractivity contribution in [2.45, 2.75) is 25.5 Å². The maximum absolute atomic E-state index is 11.9. The van der Waals surface area contributed by atoms with Gasteiger partial charge >= 0.3 is 0 Å². The first-order chi connectivity index (χ1) is 9.02. The van der Waals surface area contributed by atoms with Gasteiger partial charge in [0.2, 0.25) is 5.91 Å². The number of nitrogens with one attached hydrogen (secondary N) is 1. The van der Waals surface area contributed by atoms with Crippen molar-refractivity contribution in [2.24, 2.45) is 0 Å². The molecule has 0 saturated heterocycles. The Balaban J connectivity index is 2.44. The molecule has 19 heavy (non-hydrogen) atoms. The first-order valence-electron chi connectivity index (χ1n) is 6.08. The van der Waals surface area contributed by atoms with Gasteiger partial charge in [-0.15, -0.1) is 0 Å². The van der Waals surface area contributed by atoms with Crippen molar-refractivity contribution in [1.82, 2.24) is 5.32 Å². The maximum Gasteiger partial charge on any atom is 0.232 e. The lowest BCUT2D eigenvalue weighted by Gasteiger charge is -2.06. The molecule has 3 nitrogen and oxygen atoms in total. The summed E-state index contributed by atoms with van der Waals surface area (Å²) in [6.07, 6.45) is 1.95. The van der Waals surface area contributed by atoms with Crippen LogP contribution >= 0.6 is 23.2 Å². The average molecular weight is 322 g/mol. The Labute approximate surface area is 126 Å². The van der Waals surface area contributed by atoms with Gasteiger partial charge in [0, 0.05) is 27.4 Å². The highest BCUT2D eigenvalue weighted by atomic mass is 35.5. The molecule has 0 aliphatic carbocycles. The lowest BCUT2D eigenvalue weighted by molar-refractivity contribution is -0.118. The second-order valence-corrected chi connectivity index (χ2v) is 6.47. The van der Waals surface area contributed by atoms with E-state index in [1.807, 2.05) is 6.92 Å². The highest BCUT2D eigenvalue weighted by molar-refractivity contribution is 7.84. The van der Waals surface area contributed by atoms with Crippen molar-refractivity contribution < 1.29 is 9.00 Å². The summed E-state index contributed by atoms with van der Waals surface area (Å²) in [4.78, 5) is 11.5. The van der Waals surface area contributed by atoms with E-state index in [0.29, 0.717) is 16.6 Å². The molecule has 1 N–H and O–H groups in total. The Morgan fingerprint density at radius 3 is 2.74 bits per heavy atom. The minimum atomic E-state index is -1.26. The van der Waals surface area contributed by atoms with Crippen molar-refractivity contribution in [2.75, 3.05) is 12.3 Å². The van der Waals surface area contributed by atoms with Gasteiger partial charge in [0.1, 0.15) is 5.75 Å². The van der Waals surface area contributed by atoms with Crippen LogP contribution in [0, 0.1) is 0 Å². The summed E-state index contributed by atoms with van der Waals surface area (Å²) in [5.74, 6) is 0.0803. The van der Waals surface area contributed by atoms with Gasteiger partial charge < -0.3 is 5.32 Å². The Hall–Kier alpha value is -0.580. The van der Waals surface area contributed by atoms with E-state index >= 15 is 0 Å². The van der Waals surface area contributed by atoms with E-state index in [4.69, 9.17) is 23.2 Å². The summed E-state index contributed by atoms with van der Waals surface area (Å²) < 4.78 is 11.9. The van der Waals surface area contributed by atoms with Gasteiger partial charge in [-0.2, -0.15) is 0 Å². The van der Waals surface area contributed by atoms with Crippen molar-refractivity contribution in [1.29, 1.82) is 0 Å². The summed E-state index contributed by atoms with van der Waals surface area (Å²) in [7, 11) is -1.26. The van der Waals surface area contributed by atoms with Gasteiger partial charge in [0.15, 0.2) is 0 Å². The molecule has 1 atom stereocenters. The molecule has 0 aliphatic heterocycles. The predicted molar refractivity (Wildman–Crippen MR) is 81.1 cm³/mol. The number of halogens is 2. The molecule has 0 fully saturated rings. The van der Waals surface area contributed by atoms with Crippen LogP contribution in [0.1, 0.15) is 25.3 Å². The Morgan fingerprint density at radius 2 is 2.11 bits per heavy atom. The number of amides is 1. The van der Waals surface area contributed by atoms with E-state index in [1.165, 1.54) is 0 Å². The topological polar surface area (TPSA) is 46.2 Å². The van der Waals surface area contributed by atoms with Gasteiger partial charge in [-0.25, -0.2) is 0 Å². The molecule has 0 spiro atoms. The standard InChI is InChI=1S/C13H17Cl2NO2S/c1-2-3-6-16-13(17)9-19(18)8-10-4-5-11(14)7-12(10)15/h4-5,7H,2-3,6,8-9H2,1H3,(H,16,17)/t19-/m1/s1. The van der Waals surface area contributed by atoms with Gasteiger partial charge in [0.05, 0.1) is 5.75 Å². The molecule has 0 aliphatic rings. The fourth-order valence-electron chi connectivity index (χ4n) is 1.47. The third-order valence-electron chi connectivity index (χ3n) is 2.48. The van der Waals surface area contributed by atoms with Crippen LogP contribution in [0.5, 0.6) is 0 Å². The molecule has 106 valence electrons. The number of hydrogen-bond acceptors (Lipinski definition) is 2. The van der Waals surface area contributed by atoms with Crippen molar-refractivity contribution in [3.8, 4) is 0 Å².